The quantitative estimate of drug-likeness (QED) is 0.701. The van der Waals surface area contributed by atoms with Gasteiger partial charge in [0.25, 0.3) is 0 Å². The van der Waals surface area contributed by atoms with Crippen molar-refractivity contribution in [2.45, 2.75) is 71.9 Å². The van der Waals surface area contributed by atoms with Gasteiger partial charge < -0.3 is 10.1 Å². The molecule has 0 heterocycles. The minimum absolute atomic E-state index is 0.384. The van der Waals surface area contributed by atoms with Gasteiger partial charge in [0, 0.05) is 12.6 Å². The van der Waals surface area contributed by atoms with Gasteiger partial charge in [-0.05, 0) is 44.6 Å². The summed E-state index contributed by atoms with van der Waals surface area (Å²) in [5, 5.41) is 3.75. The molecule has 2 heteroatoms. The van der Waals surface area contributed by atoms with Gasteiger partial charge in [0.15, 0.2) is 0 Å². The molecule has 1 fully saturated rings. The number of hydrogen-bond acceptors (Lipinski definition) is 2. The van der Waals surface area contributed by atoms with Crippen molar-refractivity contribution in [3.8, 4) is 0 Å². The highest BCUT2D eigenvalue weighted by atomic mass is 16.5. The zero-order chi connectivity index (χ0) is 12.7. The molecule has 1 rings (SSSR count). The summed E-state index contributed by atoms with van der Waals surface area (Å²) in [6, 6.07) is 0.567. The summed E-state index contributed by atoms with van der Waals surface area (Å²) in [4.78, 5) is 0. The van der Waals surface area contributed by atoms with Crippen LogP contribution in [0.25, 0.3) is 0 Å². The van der Waals surface area contributed by atoms with Gasteiger partial charge in [0.1, 0.15) is 0 Å². The van der Waals surface area contributed by atoms with Crippen LogP contribution in [0.4, 0.5) is 0 Å². The molecule has 2 atom stereocenters. The maximum Gasteiger partial charge on any atom is 0.0753 e. The molecular weight excluding hydrogens is 210 g/mol. The maximum absolute atomic E-state index is 6.01. The maximum atomic E-state index is 6.01. The number of nitrogens with one attached hydrogen (secondary N) is 1. The van der Waals surface area contributed by atoms with Crippen LogP contribution in [0.15, 0.2) is 0 Å². The monoisotopic (exact) mass is 241 g/mol. The van der Waals surface area contributed by atoms with E-state index in [0.717, 1.165) is 19.1 Å². The van der Waals surface area contributed by atoms with Crippen LogP contribution in [0, 0.1) is 11.8 Å². The van der Waals surface area contributed by atoms with Crippen LogP contribution in [-0.4, -0.2) is 25.3 Å². The van der Waals surface area contributed by atoms with Gasteiger partial charge in [-0.25, -0.2) is 0 Å². The Labute approximate surface area is 108 Å². The molecule has 0 aliphatic heterocycles. The first kappa shape index (κ1) is 15.0. The second kappa shape index (κ2) is 8.10. The van der Waals surface area contributed by atoms with Crippen LogP contribution in [-0.2, 0) is 4.74 Å². The third-order valence-electron chi connectivity index (χ3n) is 3.91. The van der Waals surface area contributed by atoms with E-state index in [1.165, 1.54) is 32.1 Å². The summed E-state index contributed by atoms with van der Waals surface area (Å²) in [5.41, 5.74) is 0. The molecule has 2 nitrogen and oxygen atoms in total. The Bertz CT molecular complexity index is 187. The van der Waals surface area contributed by atoms with Gasteiger partial charge >= 0.3 is 0 Å². The van der Waals surface area contributed by atoms with Gasteiger partial charge in [-0.2, -0.15) is 0 Å². The molecule has 0 radical (unpaired) electrons. The zero-order valence-corrected chi connectivity index (χ0v) is 12.2. The summed E-state index contributed by atoms with van der Waals surface area (Å²) >= 11 is 0. The van der Waals surface area contributed by atoms with E-state index >= 15 is 0 Å². The van der Waals surface area contributed by atoms with Crippen molar-refractivity contribution in [2.75, 3.05) is 13.2 Å². The smallest absolute Gasteiger partial charge is 0.0753 e. The highest BCUT2D eigenvalue weighted by Gasteiger charge is 2.33. The lowest BCUT2D eigenvalue weighted by Gasteiger charge is -2.35. The fraction of sp³-hybridized carbons (Fsp3) is 1.00. The molecule has 1 aliphatic rings. The van der Waals surface area contributed by atoms with E-state index in [0.29, 0.717) is 18.1 Å². The van der Waals surface area contributed by atoms with Crippen molar-refractivity contribution in [1.82, 2.24) is 5.32 Å². The molecule has 0 bridgehead atoms. The van der Waals surface area contributed by atoms with E-state index in [-0.39, 0.29) is 0 Å². The van der Waals surface area contributed by atoms with Gasteiger partial charge in [-0.3, -0.25) is 0 Å². The first-order valence-corrected chi connectivity index (χ1v) is 7.55. The number of hydrogen-bond donors (Lipinski definition) is 1. The van der Waals surface area contributed by atoms with Gasteiger partial charge in [0.2, 0.25) is 0 Å². The van der Waals surface area contributed by atoms with Gasteiger partial charge in [0.05, 0.1) is 6.10 Å². The molecule has 2 unspecified atom stereocenters. The van der Waals surface area contributed by atoms with Gasteiger partial charge in [-0.15, -0.1) is 0 Å². The molecule has 1 saturated carbocycles. The zero-order valence-electron chi connectivity index (χ0n) is 12.2. The van der Waals surface area contributed by atoms with Crippen molar-refractivity contribution in [3.05, 3.63) is 0 Å². The molecule has 1 N–H and O–H groups in total. The third-order valence-corrected chi connectivity index (χ3v) is 3.91. The minimum atomic E-state index is 0.384. The highest BCUT2D eigenvalue weighted by molar-refractivity contribution is 4.88. The molecule has 0 amide bonds. The van der Waals surface area contributed by atoms with Crippen molar-refractivity contribution < 1.29 is 4.74 Å². The Hall–Kier alpha value is -0.0800. The van der Waals surface area contributed by atoms with Crippen molar-refractivity contribution >= 4 is 0 Å². The van der Waals surface area contributed by atoms with E-state index in [9.17, 15) is 0 Å². The third kappa shape index (κ3) is 4.59. The molecule has 0 spiro atoms. The average molecular weight is 241 g/mol. The SMILES string of the molecule is CCCNC(C1CCCC1)C(OCC)C(C)C. The standard InChI is InChI=1S/C15H31NO/c1-5-11-16-14(13-9-7-8-10-13)15(12(3)4)17-6-2/h12-16H,5-11H2,1-4H3. The van der Waals surface area contributed by atoms with Crippen LogP contribution in [0.5, 0.6) is 0 Å². The second-order valence-electron chi connectivity index (χ2n) is 5.69. The van der Waals surface area contributed by atoms with Crippen LogP contribution < -0.4 is 5.32 Å². The number of ether oxygens (including phenoxy) is 1. The summed E-state index contributed by atoms with van der Waals surface area (Å²) in [5.74, 6) is 1.44. The molecule has 102 valence electrons. The van der Waals surface area contributed by atoms with E-state index in [2.05, 4.69) is 33.0 Å². The Balaban J connectivity index is 2.63. The number of rotatable bonds is 8. The average Bonchev–Trinajstić information content (AvgIpc) is 2.81. The molecule has 0 aromatic heterocycles. The summed E-state index contributed by atoms with van der Waals surface area (Å²) in [6.07, 6.45) is 7.18. The van der Waals surface area contributed by atoms with Crippen molar-refractivity contribution in [3.63, 3.8) is 0 Å². The van der Waals surface area contributed by atoms with Crippen LogP contribution >= 0.6 is 0 Å². The van der Waals surface area contributed by atoms with Gasteiger partial charge in [-0.1, -0.05) is 33.6 Å². The molecule has 0 saturated heterocycles. The van der Waals surface area contributed by atoms with E-state index < -0.39 is 0 Å². The molecule has 17 heavy (non-hydrogen) atoms. The predicted octanol–water partition coefficient (Wildman–Crippen LogP) is 3.61. The fourth-order valence-corrected chi connectivity index (χ4v) is 3.08. The highest BCUT2D eigenvalue weighted by Crippen LogP contribution is 2.31. The Morgan fingerprint density at radius 1 is 1.18 bits per heavy atom. The fourth-order valence-electron chi connectivity index (χ4n) is 3.08. The summed E-state index contributed by atoms with van der Waals surface area (Å²) in [7, 11) is 0. The molecular formula is C15H31NO. The lowest BCUT2D eigenvalue weighted by atomic mass is 9.87. The van der Waals surface area contributed by atoms with E-state index in [1.807, 2.05) is 0 Å². The molecule has 0 aromatic rings. The topological polar surface area (TPSA) is 21.3 Å². The van der Waals surface area contributed by atoms with Crippen molar-refractivity contribution in [2.24, 2.45) is 11.8 Å². The molecule has 0 aromatic carbocycles. The first-order valence-electron chi connectivity index (χ1n) is 7.55. The summed E-state index contributed by atoms with van der Waals surface area (Å²) < 4.78 is 6.01. The van der Waals surface area contributed by atoms with Crippen LogP contribution in [0.2, 0.25) is 0 Å². The lowest BCUT2D eigenvalue weighted by Crippen LogP contribution is -2.48. The van der Waals surface area contributed by atoms with Crippen molar-refractivity contribution in [1.29, 1.82) is 0 Å². The predicted molar refractivity (Wildman–Crippen MR) is 74.3 cm³/mol. The lowest BCUT2D eigenvalue weighted by molar-refractivity contribution is -0.0112. The first-order chi connectivity index (χ1) is 8.20. The Morgan fingerprint density at radius 3 is 2.29 bits per heavy atom. The largest absolute Gasteiger partial charge is 0.377 e. The van der Waals surface area contributed by atoms with E-state index in [4.69, 9.17) is 4.74 Å². The van der Waals surface area contributed by atoms with E-state index in [1.54, 1.807) is 0 Å². The minimum Gasteiger partial charge on any atom is -0.377 e. The summed E-state index contributed by atoms with van der Waals surface area (Å²) in [6.45, 7) is 10.9. The van der Waals surface area contributed by atoms with Crippen LogP contribution in [0.3, 0.4) is 0 Å². The normalized spacial score (nSPS) is 21.0. The Kier molecular flexibility index (Phi) is 7.14. The Morgan fingerprint density at radius 2 is 1.82 bits per heavy atom. The second-order valence-corrected chi connectivity index (χ2v) is 5.69. The van der Waals surface area contributed by atoms with Crippen LogP contribution in [0.1, 0.15) is 59.8 Å². The molecule has 1 aliphatic carbocycles.